The van der Waals surface area contributed by atoms with Crippen LogP contribution in [0.2, 0.25) is 0 Å². The molecule has 1 fully saturated rings. The van der Waals surface area contributed by atoms with E-state index in [1.54, 1.807) is 0 Å². The smallest absolute Gasteiger partial charge is 0.327 e. The average molecular weight is 255 g/mol. The van der Waals surface area contributed by atoms with E-state index in [0.717, 1.165) is 23.8 Å². The maximum absolute atomic E-state index is 11.9. The Morgan fingerprint density at radius 1 is 1.21 bits per heavy atom. The molecule has 19 heavy (non-hydrogen) atoms. The van der Waals surface area contributed by atoms with E-state index in [1.807, 2.05) is 18.2 Å². The van der Waals surface area contributed by atoms with Crippen molar-refractivity contribution in [3.05, 3.63) is 48.0 Å². The third-order valence-electron chi connectivity index (χ3n) is 3.52. The number of rotatable bonds is 4. The lowest BCUT2D eigenvalue weighted by Crippen LogP contribution is -2.31. The average Bonchev–Trinajstić information content (AvgIpc) is 3.27. The van der Waals surface area contributed by atoms with Crippen LogP contribution in [0.3, 0.4) is 0 Å². The predicted octanol–water partition coefficient (Wildman–Crippen LogP) is 2.81. The van der Waals surface area contributed by atoms with Gasteiger partial charge in [-0.3, -0.25) is 5.32 Å². The summed E-state index contributed by atoms with van der Waals surface area (Å²) in [4.78, 5) is 11.9. The van der Waals surface area contributed by atoms with Crippen molar-refractivity contribution in [2.45, 2.75) is 24.9 Å². The van der Waals surface area contributed by atoms with Crippen LogP contribution in [0.4, 0.5) is 0 Å². The molecule has 0 aromatic heterocycles. The minimum absolute atomic E-state index is 0.220. The summed E-state index contributed by atoms with van der Waals surface area (Å²) in [5, 5.41) is 5.67. The maximum atomic E-state index is 11.9. The topological polar surface area (TPSA) is 38.3 Å². The Morgan fingerprint density at radius 3 is 2.63 bits per heavy atom. The van der Waals surface area contributed by atoms with Gasteiger partial charge in [-0.1, -0.05) is 36.4 Å². The highest BCUT2D eigenvalue weighted by molar-refractivity contribution is 5.85. The standard InChI is InChI=1S/C16H17NO2/c1-19-16(18)15(17-14-8-9-14)13-7-6-11-4-2-3-5-12(11)10-13/h2-7,10,14-15,17H,8-9H2,1H3. The SMILES string of the molecule is COC(=O)C(NC1CC1)c1ccc2ccccc2c1. The molecule has 3 nitrogen and oxygen atoms in total. The third-order valence-corrected chi connectivity index (χ3v) is 3.52. The lowest BCUT2D eigenvalue weighted by molar-refractivity contribution is -0.143. The van der Waals surface area contributed by atoms with Gasteiger partial charge in [-0.25, -0.2) is 4.79 Å². The normalized spacial score (nSPS) is 16.3. The van der Waals surface area contributed by atoms with Crippen molar-refractivity contribution >= 4 is 16.7 Å². The van der Waals surface area contributed by atoms with Gasteiger partial charge in [-0.15, -0.1) is 0 Å². The number of ether oxygens (including phenoxy) is 1. The Hall–Kier alpha value is -1.87. The van der Waals surface area contributed by atoms with E-state index in [4.69, 9.17) is 4.74 Å². The van der Waals surface area contributed by atoms with E-state index in [2.05, 4.69) is 29.6 Å². The number of hydrogen-bond acceptors (Lipinski definition) is 3. The molecule has 1 saturated carbocycles. The Labute approximate surface area is 112 Å². The van der Waals surface area contributed by atoms with Crippen molar-refractivity contribution in [3.8, 4) is 0 Å². The minimum atomic E-state index is -0.359. The first-order valence-electron chi connectivity index (χ1n) is 6.60. The van der Waals surface area contributed by atoms with Crippen LogP contribution in [-0.4, -0.2) is 19.1 Å². The number of carbonyl (C=O) groups excluding carboxylic acids is 1. The molecule has 1 unspecified atom stereocenters. The maximum Gasteiger partial charge on any atom is 0.327 e. The molecule has 0 saturated heterocycles. The Morgan fingerprint density at radius 2 is 1.95 bits per heavy atom. The van der Waals surface area contributed by atoms with Gasteiger partial charge in [0.2, 0.25) is 0 Å². The fourth-order valence-electron chi connectivity index (χ4n) is 2.29. The van der Waals surface area contributed by atoms with Gasteiger partial charge in [-0.2, -0.15) is 0 Å². The van der Waals surface area contributed by atoms with Crippen LogP contribution in [0.1, 0.15) is 24.4 Å². The number of hydrogen-bond donors (Lipinski definition) is 1. The molecular formula is C16H17NO2. The number of esters is 1. The summed E-state index contributed by atoms with van der Waals surface area (Å²) in [5.74, 6) is -0.220. The van der Waals surface area contributed by atoms with Crippen molar-refractivity contribution in [1.82, 2.24) is 5.32 Å². The largest absolute Gasteiger partial charge is 0.468 e. The van der Waals surface area contributed by atoms with E-state index >= 15 is 0 Å². The first-order chi connectivity index (χ1) is 9.28. The zero-order valence-corrected chi connectivity index (χ0v) is 10.9. The quantitative estimate of drug-likeness (QED) is 0.854. The van der Waals surface area contributed by atoms with Crippen molar-refractivity contribution in [2.75, 3.05) is 7.11 Å². The van der Waals surface area contributed by atoms with Crippen molar-refractivity contribution < 1.29 is 9.53 Å². The lowest BCUT2D eigenvalue weighted by atomic mass is 10.0. The van der Waals surface area contributed by atoms with Crippen molar-refractivity contribution in [1.29, 1.82) is 0 Å². The van der Waals surface area contributed by atoms with E-state index in [9.17, 15) is 4.79 Å². The zero-order valence-electron chi connectivity index (χ0n) is 10.9. The molecule has 0 bridgehead atoms. The fraction of sp³-hybridized carbons (Fsp3) is 0.312. The molecule has 3 rings (SSSR count). The molecule has 3 heteroatoms. The summed E-state index contributed by atoms with van der Waals surface area (Å²) in [6.07, 6.45) is 2.28. The summed E-state index contributed by atoms with van der Waals surface area (Å²) in [6, 6.07) is 14.4. The fourth-order valence-corrected chi connectivity index (χ4v) is 2.29. The molecule has 0 spiro atoms. The second kappa shape index (κ2) is 5.02. The minimum Gasteiger partial charge on any atom is -0.468 e. The molecule has 2 aromatic rings. The monoisotopic (exact) mass is 255 g/mol. The van der Waals surface area contributed by atoms with Gasteiger partial charge < -0.3 is 4.74 Å². The first-order valence-corrected chi connectivity index (χ1v) is 6.60. The number of benzene rings is 2. The summed E-state index contributed by atoms with van der Waals surface area (Å²) in [6.45, 7) is 0. The molecule has 0 aliphatic heterocycles. The highest BCUT2D eigenvalue weighted by atomic mass is 16.5. The summed E-state index contributed by atoms with van der Waals surface area (Å²) in [5.41, 5.74) is 0.970. The van der Waals surface area contributed by atoms with E-state index in [0.29, 0.717) is 6.04 Å². The van der Waals surface area contributed by atoms with Crippen molar-refractivity contribution in [3.63, 3.8) is 0 Å². The first kappa shape index (κ1) is 12.2. The van der Waals surface area contributed by atoms with Crippen LogP contribution >= 0.6 is 0 Å². The van der Waals surface area contributed by atoms with Crippen LogP contribution in [-0.2, 0) is 9.53 Å². The van der Waals surface area contributed by atoms with Crippen molar-refractivity contribution in [2.24, 2.45) is 0 Å². The molecule has 2 aromatic carbocycles. The van der Waals surface area contributed by atoms with E-state index in [1.165, 1.54) is 12.5 Å². The lowest BCUT2D eigenvalue weighted by Gasteiger charge is -2.17. The third kappa shape index (κ3) is 2.61. The summed E-state index contributed by atoms with van der Waals surface area (Å²) < 4.78 is 4.91. The molecule has 0 radical (unpaired) electrons. The number of methoxy groups -OCH3 is 1. The Balaban J connectivity index is 1.95. The van der Waals surface area contributed by atoms with Gasteiger partial charge in [0.25, 0.3) is 0 Å². The molecular weight excluding hydrogens is 238 g/mol. The highest BCUT2D eigenvalue weighted by Gasteiger charge is 2.30. The molecule has 0 amide bonds. The van der Waals surface area contributed by atoms with E-state index in [-0.39, 0.29) is 12.0 Å². The zero-order chi connectivity index (χ0) is 13.2. The Kier molecular flexibility index (Phi) is 3.22. The highest BCUT2D eigenvalue weighted by Crippen LogP contribution is 2.26. The second-order valence-electron chi connectivity index (χ2n) is 5.00. The van der Waals surface area contributed by atoms with Crippen LogP contribution in [0.15, 0.2) is 42.5 Å². The second-order valence-corrected chi connectivity index (χ2v) is 5.00. The number of fused-ring (bicyclic) bond motifs is 1. The molecule has 0 heterocycles. The molecule has 1 aliphatic rings. The van der Waals surface area contributed by atoms with Gasteiger partial charge in [-0.05, 0) is 35.2 Å². The number of nitrogens with one attached hydrogen (secondary N) is 1. The molecule has 1 N–H and O–H groups in total. The number of carbonyl (C=O) groups is 1. The van der Waals surface area contributed by atoms with Crippen LogP contribution in [0.25, 0.3) is 10.8 Å². The predicted molar refractivity (Wildman–Crippen MR) is 74.9 cm³/mol. The molecule has 98 valence electrons. The van der Waals surface area contributed by atoms with E-state index < -0.39 is 0 Å². The Bertz CT molecular complexity index is 604. The van der Waals surface area contributed by atoms with Gasteiger partial charge in [0.1, 0.15) is 6.04 Å². The van der Waals surface area contributed by atoms with Crippen LogP contribution in [0.5, 0.6) is 0 Å². The summed E-state index contributed by atoms with van der Waals surface area (Å²) in [7, 11) is 1.44. The summed E-state index contributed by atoms with van der Waals surface area (Å²) >= 11 is 0. The van der Waals surface area contributed by atoms with Gasteiger partial charge in [0.15, 0.2) is 0 Å². The van der Waals surface area contributed by atoms with Gasteiger partial charge in [0.05, 0.1) is 7.11 Å². The van der Waals surface area contributed by atoms with Gasteiger partial charge >= 0.3 is 5.97 Å². The molecule has 1 aliphatic carbocycles. The van der Waals surface area contributed by atoms with Crippen LogP contribution in [0, 0.1) is 0 Å². The van der Waals surface area contributed by atoms with Gasteiger partial charge in [0, 0.05) is 6.04 Å². The molecule has 1 atom stereocenters. The van der Waals surface area contributed by atoms with Crippen LogP contribution < -0.4 is 5.32 Å².